The van der Waals surface area contributed by atoms with Crippen LogP contribution in [0.2, 0.25) is 0 Å². The van der Waals surface area contributed by atoms with Gasteiger partial charge in [-0.05, 0) is 72.3 Å². The molecule has 0 fully saturated rings. The van der Waals surface area contributed by atoms with Crippen molar-refractivity contribution in [3.63, 3.8) is 0 Å². The summed E-state index contributed by atoms with van der Waals surface area (Å²) in [5.74, 6) is 1.15. The molecule has 2 aromatic heterocycles. The van der Waals surface area contributed by atoms with E-state index in [0.717, 1.165) is 16.7 Å². The van der Waals surface area contributed by atoms with Crippen molar-refractivity contribution in [1.82, 2.24) is 9.38 Å². The smallest absolute Gasteiger partial charge is 0.264 e. The van der Waals surface area contributed by atoms with Crippen LogP contribution in [0.5, 0.6) is 11.5 Å². The maximum atomic E-state index is 13.1. The second kappa shape index (κ2) is 8.27. The molecule has 1 amide bonds. The van der Waals surface area contributed by atoms with Gasteiger partial charge in [0.2, 0.25) is 0 Å². The van der Waals surface area contributed by atoms with E-state index in [9.17, 15) is 9.18 Å². The van der Waals surface area contributed by atoms with E-state index in [-0.39, 0.29) is 18.3 Å². The molecular weight excluding hydrogens is 421 g/mol. The number of halogens is 1. The first kappa shape index (κ1) is 20.5. The van der Waals surface area contributed by atoms with E-state index in [0.29, 0.717) is 28.6 Å². The SMILES string of the molecule is C=C1C=C(c2cc3cccn3cn2)Oc2ccc(OCC(=O)N(C)c3ccc(F)cc3)cc21. The molecule has 7 heteroatoms. The molecule has 0 N–H and O–H groups in total. The van der Waals surface area contributed by atoms with E-state index in [2.05, 4.69) is 11.6 Å². The van der Waals surface area contributed by atoms with Crippen LogP contribution in [-0.4, -0.2) is 28.9 Å². The minimum absolute atomic E-state index is 0.164. The van der Waals surface area contributed by atoms with Crippen molar-refractivity contribution in [3.8, 4) is 11.5 Å². The fourth-order valence-corrected chi connectivity index (χ4v) is 3.57. The lowest BCUT2D eigenvalue weighted by Gasteiger charge is -2.21. The molecular formula is C26H20FN3O3. The first-order valence-corrected chi connectivity index (χ1v) is 10.3. The van der Waals surface area contributed by atoms with Gasteiger partial charge in [-0.15, -0.1) is 0 Å². The number of carbonyl (C=O) groups is 1. The van der Waals surface area contributed by atoms with Crippen molar-refractivity contribution in [2.75, 3.05) is 18.6 Å². The Kier molecular flexibility index (Phi) is 5.14. The second-order valence-electron chi connectivity index (χ2n) is 7.63. The molecule has 2 aromatic carbocycles. The zero-order valence-corrected chi connectivity index (χ0v) is 17.9. The monoisotopic (exact) mass is 441 g/mol. The number of ether oxygens (including phenoxy) is 2. The maximum absolute atomic E-state index is 13.1. The van der Waals surface area contributed by atoms with Crippen LogP contribution in [0.4, 0.5) is 10.1 Å². The van der Waals surface area contributed by atoms with Crippen LogP contribution in [0.15, 0.2) is 85.8 Å². The predicted molar refractivity (Wildman–Crippen MR) is 125 cm³/mol. The summed E-state index contributed by atoms with van der Waals surface area (Å²) >= 11 is 0. The van der Waals surface area contributed by atoms with Gasteiger partial charge in [0, 0.05) is 30.0 Å². The van der Waals surface area contributed by atoms with Crippen molar-refractivity contribution >= 4 is 28.4 Å². The Bertz CT molecular complexity index is 1410. The lowest BCUT2D eigenvalue weighted by atomic mass is 10.0. The summed E-state index contributed by atoms with van der Waals surface area (Å²) in [5.41, 5.74) is 3.84. The van der Waals surface area contributed by atoms with Crippen LogP contribution in [0, 0.1) is 5.82 Å². The number of fused-ring (bicyclic) bond motifs is 2. The minimum Gasteiger partial charge on any atom is -0.484 e. The van der Waals surface area contributed by atoms with Gasteiger partial charge in [0.15, 0.2) is 12.4 Å². The highest BCUT2D eigenvalue weighted by Gasteiger charge is 2.19. The Morgan fingerprint density at radius 3 is 2.82 bits per heavy atom. The van der Waals surface area contributed by atoms with Gasteiger partial charge in [-0.25, -0.2) is 9.37 Å². The van der Waals surface area contributed by atoms with Gasteiger partial charge in [-0.1, -0.05) is 6.58 Å². The molecule has 0 unspecified atom stereocenters. The number of carbonyl (C=O) groups excluding carboxylic acids is 1. The molecule has 0 saturated heterocycles. The van der Waals surface area contributed by atoms with Gasteiger partial charge in [-0.3, -0.25) is 4.79 Å². The Hall–Kier alpha value is -4.39. The largest absolute Gasteiger partial charge is 0.484 e. The standard InChI is InChI=1S/C26H20FN3O3/c1-17-12-25(23-13-20-4-3-11-30(20)16-28-23)33-24-10-9-21(14-22(17)24)32-15-26(31)29(2)19-7-5-18(27)6-8-19/h3-14,16H,1,15H2,2H3. The normalized spacial score (nSPS) is 12.7. The summed E-state index contributed by atoms with van der Waals surface area (Å²) < 4.78 is 26.8. The van der Waals surface area contributed by atoms with Crippen LogP contribution in [0.1, 0.15) is 11.3 Å². The third-order valence-corrected chi connectivity index (χ3v) is 5.44. The summed E-state index contributed by atoms with van der Waals surface area (Å²) in [6.07, 6.45) is 5.51. The maximum Gasteiger partial charge on any atom is 0.264 e. The van der Waals surface area contributed by atoms with Crippen LogP contribution in [0.3, 0.4) is 0 Å². The highest BCUT2D eigenvalue weighted by molar-refractivity contribution is 5.94. The molecule has 1 aliphatic rings. The van der Waals surface area contributed by atoms with Gasteiger partial charge in [-0.2, -0.15) is 0 Å². The summed E-state index contributed by atoms with van der Waals surface area (Å²) in [5, 5.41) is 0. The van der Waals surface area contributed by atoms with E-state index in [1.807, 2.05) is 34.9 Å². The molecule has 33 heavy (non-hydrogen) atoms. The summed E-state index contributed by atoms with van der Waals surface area (Å²) in [6.45, 7) is 3.98. The molecule has 0 aliphatic carbocycles. The summed E-state index contributed by atoms with van der Waals surface area (Å²) in [4.78, 5) is 18.4. The van der Waals surface area contributed by atoms with Gasteiger partial charge in [0.25, 0.3) is 5.91 Å². The number of amides is 1. The topological polar surface area (TPSA) is 56.1 Å². The van der Waals surface area contributed by atoms with Crippen molar-refractivity contribution in [2.45, 2.75) is 0 Å². The quantitative estimate of drug-likeness (QED) is 0.439. The third-order valence-electron chi connectivity index (χ3n) is 5.44. The van der Waals surface area contributed by atoms with Gasteiger partial charge in [0.05, 0.1) is 6.33 Å². The molecule has 5 rings (SSSR count). The van der Waals surface area contributed by atoms with Crippen LogP contribution < -0.4 is 14.4 Å². The first-order chi connectivity index (χ1) is 16.0. The minimum atomic E-state index is -0.356. The van der Waals surface area contributed by atoms with E-state index < -0.39 is 0 Å². The van der Waals surface area contributed by atoms with E-state index in [1.165, 1.54) is 17.0 Å². The summed E-state index contributed by atoms with van der Waals surface area (Å²) in [7, 11) is 1.62. The highest BCUT2D eigenvalue weighted by Crippen LogP contribution is 2.38. The number of anilines is 1. The number of hydrogen-bond acceptors (Lipinski definition) is 4. The number of nitrogens with zero attached hydrogens (tertiary/aromatic N) is 3. The first-order valence-electron chi connectivity index (χ1n) is 10.3. The number of rotatable bonds is 5. The lowest BCUT2D eigenvalue weighted by Crippen LogP contribution is -2.31. The second-order valence-corrected chi connectivity index (χ2v) is 7.63. The number of likely N-dealkylation sites (N-methyl/N-ethyl adjacent to an activating group) is 1. The van der Waals surface area contributed by atoms with Gasteiger partial charge < -0.3 is 18.8 Å². The molecule has 0 bridgehead atoms. The molecule has 1 aliphatic heterocycles. The number of benzene rings is 2. The average molecular weight is 441 g/mol. The molecule has 0 saturated carbocycles. The molecule has 3 heterocycles. The van der Waals surface area contributed by atoms with Gasteiger partial charge in [0.1, 0.15) is 23.0 Å². The van der Waals surface area contributed by atoms with Crippen LogP contribution in [-0.2, 0) is 4.79 Å². The molecule has 0 radical (unpaired) electrons. The lowest BCUT2D eigenvalue weighted by molar-refractivity contribution is -0.120. The van der Waals surface area contributed by atoms with Crippen molar-refractivity contribution in [2.24, 2.45) is 0 Å². The Morgan fingerprint density at radius 1 is 1.18 bits per heavy atom. The van der Waals surface area contributed by atoms with E-state index in [4.69, 9.17) is 9.47 Å². The van der Waals surface area contributed by atoms with Gasteiger partial charge >= 0.3 is 0 Å². The molecule has 4 aromatic rings. The number of allylic oxidation sites excluding steroid dienone is 2. The number of aromatic nitrogens is 2. The summed E-state index contributed by atoms with van der Waals surface area (Å²) in [6, 6.07) is 16.9. The Balaban J connectivity index is 1.29. The molecule has 164 valence electrons. The van der Waals surface area contributed by atoms with Crippen LogP contribution >= 0.6 is 0 Å². The Labute approximate surface area is 189 Å². The average Bonchev–Trinajstić information content (AvgIpc) is 3.30. The van der Waals surface area contributed by atoms with Crippen molar-refractivity contribution in [1.29, 1.82) is 0 Å². The zero-order valence-electron chi connectivity index (χ0n) is 17.9. The fourth-order valence-electron chi connectivity index (χ4n) is 3.57. The molecule has 0 spiro atoms. The zero-order chi connectivity index (χ0) is 22.9. The van der Waals surface area contributed by atoms with E-state index in [1.54, 1.807) is 43.7 Å². The highest BCUT2D eigenvalue weighted by atomic mass is 19.1. The molecule has 6 nitrogen and oxygen atoms in total. The Morgan fingerprint density at radius 2 is 2.00 bits per heavy atom. The van der Waals surface area contributed by atoms with Crippen LogP contribution in [0.25, 0.3) is 16.8 Å². The van der Waals surface area contributed by atoms with Crippen molar-refractivity contribution in [3.05, 3.63) is 103 Å². The van der Waals surface area contributed by atoms with E-state index >= 15 is 0 Å². The fraction of sp³-hybridized carbons (Fsp3) is 0.0769. The molecule has 0 atom stereocenters. The van der Waals surface area contributed by atoms with Crippen molar-refractivity contribution < 1.29 is 18.7 Å². The number of hydrogen-bond donors (Lipinski definition) is 0. The predicted octanol–water partition coefficient (Wildman–Crippen LogP) is 4.96. The third kappa shape index (κ3) is 4.08.